The molecule has 0 spiro atoms. The molecule has 2 rings (SSSR count). The first-order valence-corrected chi connectivity index (χ1v) is 7.30. The van der Waals surface area contributed by atoms with Crippen molar-refractivity contribution in [1.82, 2.24) is 4.90 Å². The standard InChI is InChI=1S/C14H15BrN2O4/c1-3-21-13(19)9(2)16-8-12(18)17(14(16)20)11-6-4-10(15)5-7-11/h4-7,9H,3,8H2,1-2H3/t9-/m1/s1. The van der Waals surface area contributed by atoms with Crippen LogP contribution in [0.5, 0.6) is 0 Å². The minimum atomic E-state index is -0.790. The van der Waals surface area contributed by atoms with Gasteiger partial charge in [0.2, 0.25) is 0 Å². The SMILES string of the molecule is CCOC(=O)[C@@H](C)N1CC(=O)N(c2ccc(Br)cc2)C1=O. The Morgan fingerprint density at radius 1 is 1.33 bits per heavy atom. The van der Waals surface area contributed by atoms with E-state index in [1.54, 1.807) is 38.1 Å². The number of imide groups is 1. The molecule has 0 unspecified atom stereocenters. The molecule has 0 aromatic heterocycles. The third kappa shape index (κ3) is 3.07. The smallest absolute Gasteiger partial charge is 0.332 e. The van der Waals surface area contributed by atoms with E-state index in [1.165, 1.54) is 4.90 Å². The van der Waals surface area contributed by atoms with Crippen molar-refractivity contribution >= 4 is 39.5 Å². The average Bonchev–Trinajstić information content (AvgIpc) is 2.75. The normalized spacial score (nSPS) is 16.3. The van der Waals surface area contributed by atoms with Gasteiger partial charge in [0.15, 0.2) is 0 Å². The number of esters is 1. The number of anilines is 1. The summed E-state index contributed by atoms with van der Waals surface area (Å²) in [5, 5.41) is 0. The number of nitrogens with zero attached hydrogens (tertiary/aromatic N) is 2. The first-order chi connectivity index (χ1) is 9.95. The fourth-order valence-electron chi connectivity index (χ4n) is 2.06. The Kier molecular flexibility index (Phi) is 4.62. The predicted molar refractivity (Wildman–Crippen MR) is 79.8 cm³/mol. The van der Waals surface area contributed by atoms with Gasteiger partial charge in [0, 0.05) is 4.47 Å². The molecule has 1 atom stereocenters. The molecule has 7 heteroatoms. The van der Waals surface area contributed by atoms with Gasteiger partial charge in [-0.25, -0.2) is 14.5 Å². The van der Waals surface area contributed by atoms with Gasteiger partial charge < -0.3 is 9.64 Å². The number of carbonyl (C=O) groups excluding carboxylic acids is 3. The lowest BCUT2D eigenvalue weighted by Gasteiger charge is -2.22. The fraction of sp³-hybridized carbons (Fsp3) is 0.357. The minimum Gasteiger partial charge on any atom is -0.464 e. The van der Waals surface area contributed by atoms with Crippen molar-refractivity contribution in [2.45, 2.75) is 19.9 Å². The van der Waals surface area contributed by atoms with E-state index in [2.05, 4.69) is 15.9 Å². The van der Waals surface area contributed by atoms with E-state index >= 15 is 0 Å². The Labute approximate surface area is 130 Å². The van der Waals surface area contributed by atoms with E-state index in [9.17, 15) is 14.4 Å². The molecule has 1 heterocycles. The summed E-state index contributed by atoms with van der Waals surface area (Å²) in [7, 11) is 0. The fourth-order valence-corrected chi connectivity index (χ4v) is 2.32. The van der Waals surface area contributed by atoms with Crippen LogP contribution >= 0.6 is 15.9 Å². The highest BCUT2D eigenvalue weighted by Crippen LogP contribution is 2.24. The van der Waals surface area contributed by atoms with Crippen molar-refractivity contribution in [3.63, 3.8) is 0 Å². The monoisotopic (exact) mass is 354 g/mol. The second-order valence-corrected chi connectivity index (χ2v) is 5.46. The molecule has 1 aromatic rings. The van der Waals surface area contributed by atoms with Crippen LogP contribution in [0.3, 0.4) is 0 Å². The lowest BCUT2D eigenvalue weighted by atomic mass is 10.3. The van der Waals surface area contributed by atoms with Crippen LogP contribution in [0.2, 0.25) is 0 Å². The van der Waals surface area contributed by atoms with Crippen LogP contribution in [-0.2, 0) is 14.3 Å². The topological polar surface area (TPSA) is 66.9 Å². The molecule has 0 aliphatic carbocycles. The summed E-state index contributed by atoms with van der Waals surface area (Å²) in [6.07, 6.45) is 0. The number of halogens is 1. The lowest BCUT2D eigenvalue weighted by molar-refractivity contribution is -0.147. The second kappa shape index (κ2) is 6.26. The highest BCUT2D eigenvalue weighted by molar-refractivity contribution is 9.10. The van der Waals surface area contributed by atoms with E-state index in [-0.39, 0.29) is 19.1 Å². The van der Waals surface area contributed by atoms with Gasteiger partial charge in [-0.2, -0.15) is 0 Å². The number of hydrogen-bond acceptors (Lipinski definition) is 4. The molecule has 0 radical (unpaired) electrons. The minimum absolute atomic E-state index is 0.130. The highest BCUT2D eigenvalue weighted by atomic mass is 79.9. The van der Waals surface area contributed by atoms with Crippen molar-refractivity contribution in [2.24, 2.45) is 0 Å². The maximum Gasteiger partial charge on any atom is 0.332 e. The third-order valence-corrected chi connectivity index (χ3v) is 3.70. The molecule has 0 N–H and O–H groups in total. The number of hydrogen-bond donors (Lipinski definition) is 0. The maximum atomic E-state index is 12.4. The Hall–Kier alpha value is -1.89. The lowest BCUT2D eigenvalue weighted by Crippen LogP contribution is -2.43. The Balaban J connectivity index is 2.20. The quantitative estimate of drug-likeness (QED) is 0.613. The van der Waals surface area contributed by atoms with E-state index in [0.29, 0.717) is 5.69 Å². The van der Waals surface area contributed by atoms with E-state index in [4.69, 9.17) is 4.74 Å². The van der Waals surface area contributed by atoms with Crippen LogP contribution in [0.4, 0.5) is 10.5 Å². The van der Waals surface area contributed by atoms with Crippen LogP contribution in [0, 0.1) is 0 Å². The van der Waals surface area contributed by atoms with Gasteiger partial charge in [-0.3, -0.25) is 4.79 Å². The molecule has 0 saturated carbocycles. The second-order valence-electron chi connectivity index (χ2n) is 4.54. The van der Waals surface area contributed by atoms with Crippen molar-refractivity contribution in [3.05, 3.63) is 28.7 Å². The molecule has 6 nitrogen and oxygen atoms in total. The molecule has 0 bridgehead atoms. The summed E-state index contributed by atoms with van der Waals surface area (Å²) in [6.45, 7) is 3.34. The summed E-state index contributed by atoms with van der Waals surface area (Å²) >= 11 is 3.30. The molecule has 1 aromatic carbocycles. The van der Waals surface area contributed by atoms with Crippen molar-refractivity contribution in [2.75, 3.05) is 18.1 Å². The zero-order valence-corrected chi connectivity index (χ0v) is 13.3. The van der Waals surface area contributed by atoms with Crippen LogP contribution in [0.25, 0.3) is 0 Å². The van der Waals surface area contributed by atoms with Gasteiger partial charge in [0.1, 0.15) is 12.6 Å². The molecule has 21 heavy (non-hydrogen) atoms. The Morgan fingerprint density at radius 3 is 2.52 bits per heavy atom. The summed E-state index contributed by atoms with van der Waals surface area (Å²) in [5.41, 5.74) is 0.478. The molecule has 1 aliphatic rings. The van der Waals surface area contributed by atoms with Crippen molar-refractivity contribution in [1.29, 1.82) is 0 Å². The van der Waals surface area contributed by atoms with Gasteiger partial charge in [0.05, 0.1) is 12.3 Å². The highest BCUT2D eigenvalue weighted by Gasteiger charge is 2.41. The zero-order chi connectivity index (χ0) is 15.6. The molecule has 3 amide bonds. The number of carbonyl (C=O) groups is 3. The van der Waals surface area contributed by atoms with Crippen LogP contribution in [-0.4, -0.2) is 42.0 Å². The van der Waals surface area contributed by atoms with Gasteiger partial charge in [-0.1, -0.05) is 15.9 Å². The van der Waals surface area contributed by atoms with Crippen LogP contribution in [0.1, 0.15) is 13.8 Å². The van der Waals surface area contributed by atoms with Gasteiger partial charge >= 0.3 is 12.0 Å². The molecule has 112 valence electrons. The predicted octanol–water partition coefficient (Wildman–Crippen LogP) is 2.17. The summed E-state index contributed by atoms with van der Waals surface area (Å²) in [4.78, 5) is 38.4. The van der Waals surface area contributed by atoms with Crippen LogP contribution < -0.4 is 4.90 Å². The van der Waals surface area contributed by atoms with Crippen molar-refractivity contribution < 1.29 is 19.1 Å². The van der Waals surface area contributed by atoms with E-state index < -0.39 is 18.0 Å². The molecule has 1 saturated heterocycles. The first kappa shape index (κ1) is 15.5. The molecule has 1 aliphatic heterocycles. The third-order valence-electron chi connectivity index (χ3n) is 3.17. The van der Waals surface area contributed by atoms with Crippen molar-refractivity contribution in [3.8, 4) is 0 Å². The first-order valence-electron chi connectivity index (χ1n) is 6.51. The number of rotatable bonds is 4. The van der Waals surface area contributed by atoms with E-state index in [1.807, 2.05) is 0 Å². The van der Waals surface area contributed by atoms with Crippen LogP contribution in [0.15, 0.2) is 28.7 Å². The molecular weight excluding hydrogens is 340 g/mol. The van der Waals surface area contributed by atoms with Gasteiger partial charge in [-0.05, 0) is 38.1 Å². The Morgan fingerprint density at radius 2 is 1.95 bits per heavy atom. The number of amides is 3. The summed E-state index contributed by atoms with van der Waals surface area (Å²) < 4.78 is 5.74. The largest absolute Gasteiger partial charge is 0.464 e. The maximum absolute atomic E-state index is 12.4. The summed E-state index contributed by atoms with van der Waals surface area (Å²) in [5.74, 6) is -0.880. The summed E-state index contributed by atoms with van der Waals surface area (Å²) in [6, 6.07) is 5.52. The number of benzene rings is 1. The number of urea groups is 1. The van der Waals surface area contributed by atoms with E-state index in [0.717, 1.165) is 9.37 Å². The average molecular weight is 355 g/mol. The molecular formula is C14H15BrN2O4. The van der Waals surface area contributed by atoms with Gasteiger partial charge in [-0.15, -0.1) is 0 Å². The molecule has 1 fully saturated rings. The van der Waals surface area contributed by atoms with Gasteiger partial charge in [0.25, 0.3) is 5.91 Å². The zero-order valence-electron chi connectivity index (χ0n) is 11.7. The Bertz CT molecular complexity index is 573. The number of ether oxygens (including phenoxy) is 1.